The van der Waals surface area contributed by atoms with Crippen LogP contribution in [0.25, 0.3) is 10.9 Å². The molecule has 7 nitrogen and oxygen atoms in total. The number of pyridine rings is 1. The quantitative estimate of drug-likeness (QED) is 0.754. The number of H-pyrrole nitrogens is 1. The van der Waals surface area contributed by atoms with E-state index in [0.717, 1.165) is 0 Å². The zero-order valence-electron chi connectivity index (χ0n) is 10.6. The first-order valence-corrected chi connectivity index (χ1v) is 7.46. The highest BCUT2D eigenvalue weighted by atomic mass is 32.2. The smallest absolute Gasteiger partial charge is 0.263 e. The van der Waals surface area contributed by atoms with Gasteiger partial charge in [0, 0.05) is 17.8 Å². The molecule has 0 unspecified atom stereocenters. The summed E-state index contributed by atoms with van der Waals surface area (Å²) in [6, 6.07) is 10.4. The predicted octanol–water partition coefficient (Wildman–Crippen LogP) is 1.12. The molecule has 3 aromatic rings. The molecule has 0 amide bonds. The fraction of sp³-hybridized carbons (Fsp3) is 0. The number of hydrogen-bond donors (Lipinski definition) is 2. The molecule has 21 heavy (non-hydrogen) atoms. The van der Waals surface area contributed by atoms with E-state index in [4.69, 9.17) is 0 Å². The monoisotopic (exact) mass is 302 g/mol. The van der Waals surface area contributed by atoms with Gasteiger partial charge in [0.05, 0.1) is 4.90 Å². The van der Waals surface area contributed by atoms with E-state index in [0.29, 0.717) is 10.9 Å². The molecule has 0 aliphatic carbocycles. The Morgan fingerprint density at radius 1 is 1.10 bits per heavy atom. The Labute approximate surface area is 119 Å². The van der Waals surface area contributed by atoms with Crippen LogP contribution >= 0.6 is 0 Å². The predicted molar refractivity (Wildman–Crippen MR) is 77.4 cm³/mol. The zero-order chi connectivity index (χ0) is 14.9. The number of benzene rings is 1. The van der Waals surface area contributed by atoms with Crippen LogP contribution < -0.4 is 10.3 Å². The Hall–Kier alpha value is -2.74. The fourth-order valence-electron chi connectivity index (χ4n) is 1.85. The maximum atomic E-state index is 12.3. The van der Waals surface area contributed by atoms with Crippen molar-refractivity contribution in [1.82, 2.24) is 15.2 Å². The average Bonchev–Trinajstić information content (AvgIpc) is 2.47. The topological polar surface area (TPSA) is 105 Å². The normalized spacial score (nSPS) is 11.4. The van der Waals surface area contributed by atoms with Gasteiger partial charge in [-0.15, -0.1) is 5.10 Å². The Morgan fingerprint density at radius 3 is 2.71 bits per heavy atom. The molecule has 2 aromatic heterocycles. The van der Waals surface area contributed by atoms with Gasteiger partial charge in [0.15, 0.2) is 5.82 Å². The first-order valence-electron chi connectivity index (χ1n) is 5.98. The number of hydrogen-bond acceptors (Lipinski definition) is 5. The summed E-state index contributed by atoms with van der Waals surface area (Å²) >= 11 is 0. The van der Waals surface area contributed by atoms with Gasteiger partial charge in [0.2, 0.25) is 5.56 Å². The Kier molecular flexibility index (Phi) is 3.15. The summed E-state index contributed by atoms with van der Waals surface area (Å²) in [7, 11) is -3.76. The van der Waals surface area contributed by atoms with Crippen molar-refractivity contribution in [1.29, 1.82) is 0 Å². The lowest BCUT2D eigenvalue weighted by Gasteiger charge is -2.07. The lowest BCUT2D eigenvalue weighted by Crippen LogP contribution is -2.14. The van der Waals surface area contributed by atoms with Gasteiger partial charge in [-0.2, -0.15) is 5.10 Å². The van der Waals surface area contributed by atoms with Crippen LogP contribution in [0, 0.1) is 0 Å². The second kappa shape index (κ2) is 4.98. The highest BCUT2D eigenvalue weighted by molar-refractivity contribution is 7.92. The number of aromatic amines is 1. The Bertz CT molecular complexity index is 952. The SMILES string of the molecule is O=c1ccc2cc(S(=O)(=O)Nc3cccnn3)ccc2[nH]1. The third-order valence-corrected chi connectivity index (χ3v) is 4.17. The fourth-order valence-corrected chi connectivity index (χ4v) is 2.88. The van der Waals surface area contributed by atoms with E-state index in [9.17, 15) is 13.2 Å². The molecule has 0 atom stereocenters. The highest BCUT2D eigenvalue weighted by Gasteiger charge is 2.15. The largest absolute Gasteiger partial charge is 0.322 e. The van der Waals surface area contributed by atoms with Gasteiger partial charge in [0.1, 0.15) is 0 Å². The lowest BCUT2D eigenvalue weighted by atomic mass is 10.2. The van der Waals surface area contributed by atoms with Crippen molar-refractivity contribution in [3.8, 4) is 0 Å². The van der Waals surface area contributed by atoms with Crippen LogP contribution in [0.1, 0.15) is 0 Å². The van der Waals surface area contributed by atoms with Crippen LogP contribution in [0.5, 0.6) is 0 Å². The maximum Gasteiger partial charge on any atom is 0.263 e. The van der Waals surface area contributed by atoms with Gasteiger partial charge in [-0.25, -0.2) is 8.42 Å². The van der Waals surface area contributed by atoms with Crippen LogP contribution in [0.3, 0.4) is 0 Å². The van der Waals surface area contributed by atoms with E-state index in [1.165, 1.54) is 30.5 Å². The average molecular weight is 302 g/mol. The molecule has 0 bridgehead atoms. The number of rotatable bonds is 3. The lowest BCUT2D eigenvalue weighted by molar-refractivity contribution is 0.601. The van der Waals surface area contributed by atoms with E-state index >= 15 is 0 Å². The van der Waals surface area contributed by atoms with Crippen LogP contribution in [-0.2, 0) is 10.0 Å². The minimum Gasteiger partial charge on any atom is -0.322 e. The molecule has 1 aromatic carbocycles. The standard InChI is InChI=1S/C13H10N4O3S/c18-13-6-3-9-8-10(4-5-11(9)15-13)21(19,20)17-12-2-1-7-14-16-12/h1-8H,(H,15,18)(H,16,17). The van der Waals surface area contributed by atoms with Crippen molar-refractivity contribution in [2.24, 2.45) is 0 Å². The van der Waals surface area contributed by atoms with E-state index in [-0.39, 0.29) is 16.3 Å². The van der Waals surface area contributed by atoms with Crippen molar-refractivity contribution in [2.45, 2.75) is 4.90 Å². The molecule has 0 saturated heterocycles. The van der Waals surface area contributed by atoms with Gasteiger partial charge in [0.25, 0.3) is 10.0 Å². The molecule has 0 fully saturated rings. The summed E-state index contributed by atoms with van der Waals surface area (Å²) in [5, 5.41) is 7.90. The third-order valence-electron chi connectivity index (χ3n) is 2.82. The van der Waals surface area contributed by atoms with Crippen LogP contribution in [0.2, 0.25) is 0 Å². The number of anilines is 1. The van der Waals surface area contributed by atoms with E-state index in [1.54, 1.807) is 18.2 Å². The summed E-state index contributed by atoms with van der Waals surface area (Å²) in [4.78, 5) is 13.9. The van der Waals surface area contributed by atoms with E-state index in [2.05, 4.69) is 19.9 Å². The van der Waals surface area contributed by atoms with E-state index in [1.807, 2.05) is 0 Å². The molecule has 0 aliphatic rings. The molecule has 0 aliphatic heterocycles. The number of nitrogens with one attached hydrogen (secondary N) is 2. The molecule has 2 heterocycles. The second-order valence-electron chi connectivity index (χ2n) is 4.29. The van der Waals surface area contributed by atoms with Crippen LogP contribution in [0.4, 0.5) is 5.82 Å². The first kappa shape index (κ1) is 13.3. The minimum atomic E-state index is -3.76. The molecular formula is C13H10N4O3S. The number of fused-ring (bicyclic) bond motifs is 1. The number of aromatic nitrogens is 3. The van der Waals surface area contributed by atoms with Gasteiger partial charge < -0.3 is 4.98 Å². The Morgan fingerprint density at radius 2 is 1.95 bits per heavy atom. The highest BCUT2D eigenvalue weighted by Crippen LogP contribution is 2.18. The summed E-state index contributed by atoms with van der Waals surface area (Å²) < 4.78 is 26.9. The van der Waals surface area contributed by atoms with E-state index < -0.39 is 10.0 Å². The van der Waals surface area contributed by atoms with Crippen molar-refractivity contribution in [3.63, 3.8) is 0 Å². The van der Waals surface area contributed by atoms with Crippen molar-refractivity contribution in [3.05, 3.63) is 59.0 Å². The van der Waals surface area contributed by atoms with Gasteiger partial charge in [-0.05, 0) is 41.8 Å². The molecule has 106 valence electrons. The summed E-state index contributed by atoms with van der Waals surface area (Å²) in [5.74, 6) is 0.138. The number of sulfonamides is 1. The first-order chi connectivity index (χ1) is 10.0. The minimum absolute atomic E-state index is 0.0766. The van der Waals surface area contributed by atoms with Crippen molar-refractivity contribution >= 4 is 26.7 Å². The zero-order valence-corrected chi connectivity index (χ0v) is 11.5. The van der Waals surface area contributed by atoms with Crippen LogP contribution in [-0.4, -0.2) is 23.6 Å². The molecule has 0 spiro atoms. The van der Waals surface area contributed by atoms with Crippen molar-refractivity contribution in [2.75, 3.05) is 4.72 Å². The number of nitrogens with zero attached hydrogens (tertiary/aromatic N) is 2. The molecule has 0 radical (unpaired) electrons. The molecule has 3 rings (SSSR count). The van der Waals surface area contributed by atoms with Crippen molar-refractivity contribution < 1.29 is 8.42 Å². The molecule has 8 heteroatoms. The maximum absolute atomic E-state index is 12.3. The summed E-state index contributed by atoms with van der Waals surface area (Å²) in [6.07, 6.45) is 1.45. The summed E-state index contributed by atoms with van der Waals surface area (Å²) in [6.45, 7) is 0. The van der Waals surface area contributed by atoms with Gasteiger partial charge in [-0.1, -0.05) is 0 Å². The van der Waals surface area contributed by atoms with Crippen LogP contribution in [0.15, 0.2) is 58.4 Å². The third kappa shape index (κ3) is 2.75. The Balaban J connectivity index is 2.03. The van der Waals surface area contributed by atoms with Gasteiger partial charge >= 0.3 is 0 Å². The van der Waals surface area contributed by atoms with Gasteiger partial charge in [-0.3, -0.25) is 9.52 Å². The second-order valence-corrected chi connectivity index (χ2v) is 5.97. The molecule has 0 saturated carbocycles. The molecular weight excluding hydrogens is 292 g/mol. The summed E-state index contributed by atoms with van der Waals surface area (Å²) in [5.41, 5.74) is 0.330. The molecule has 2 N–H and O–H groups in total.